The summed E-state index contributed by atoms with van der Waals surface area (Å²) in [7, 11) is 0. The second-order valence-corrected chi connectivity index (χ2v) is 6.92. The molecule has 2 aromatic rings. The molecule has 0 spiro atoms. The summed E-state index contributed by atoms with van der Waals surface area (Å²) >= 11 is 0. The standard InChI is InChI=1S/C21H27N3O4/c1-15-8-9-19(28-15)18(24-10-12-27-13-11-24)14-22-20(25)16(2)23-21(26)17-6-4-3-5-7-17/h3-9,16,18H,10-14H2,1-2H3,(H,22,25)(H,23,26). The molecular formula is C21H27N3O4. The van der Waals surface area contributed by atoms with E-state index in [-0.39, 0.29) is 17.9 Å². The Bertz CT molecular complexity index is 784. The molecule has 2 atom stereocenters. The van der Waals surface area contributed by atoms with E-state index in [1.165, 1.54) is 0 Å². The average molecular weight is 385 g/mol. The first-order valence-electron chi connectivity index (χ1n) is 9.56. The van der Waals surface area contributed by atoms with E-state index in [0.29, 0.717) is 25.3 Å². The van der Waals surface area contributed by atoms with Crippen LogP contribution in [0.25, 0.3) is 0 Å². The minimum absolute atomic E-state index is 0.0708. The van der Waals surface area contributed by atoms with E-state index in [2.05, 4.69) is 15.5 Å². The Morgan fingerprint density at radius 3 is 2.46 bits per heavy atom. The molecule has 150 valence electrons. The Hall–Kier alpha value is -2.64. The van der Waals surface area contributed by atoms with Gasteiger partial charge < -0.3 is 19.8 Å². The largest absolute Gasteiger partial charge is 0.465 e. The van der Waals surface area contributed by atoms with Gasteiger partial charge in [-0.05, 0) is 38.1 Å². The lowest BCUT2D eigenvalue weighted by Crippen LogP contribution is -2.48. The number of carbonyl (C=O) groups excluding carboxylic acids is 2. The van der Waals surface area contributed by atoms with Crippen LogP contribution in [0, 0.1) is 6.92 Å². The topological polar surface area (TPSA) is 83.8 Å². The van der Waals surface area contributed by atoms with Gasteiger partial charge in [0.05, 0.1) is 19.3 Å². The van der Waals surface area contributed by atoms with Crippen LogP contribution in [-0.4, -0.2) is 55.6 Å². The minimum atomic E-state index is -0.642. The zero-order valence-electron chi connectivity index (χ0n) is 16.3. The molecule has 1 aliphatic rings. The van der Waals surface area contributed by atoms with E-state index >= 15 is 0 Å². The maximum atomic E-state index is 12.5. The molecule has 7 nitrogen and oxygen atoms in total. The monoisotopic (exact) mass is 385 g/mol. The van der Waals surface area contributed by atoms with E-state index in [0.717, 1.165) is 24.6 Å². The Morgan fingerprint density at radius 2 is 1.82 bits per heavy atom. The second-order valence-electron chi connectivity index (χ2n) is 6.92. The van der Waals surface area contributed by atoms with E-state index in [4.69, 9.17) is 9.15 Å². The van der Waals surface area contributed by atoms with Gasteiger partial charge in [-0.25, -0.2) is 0 Å². The highest BCUT2D eigenvalue weighted by Crippen LogP contribution is 2.23. The molecule has 2 amide bonds. The first kappa shape index (κ1) is 20.1. The number of amides is 2. The summed E-state index contributed by atoms with van der Waals surface area (Å²) in [5, 5.41) is 5.68. The van der Waals surface area contributed by atoms with E-state index in [9.17, 15) is 9.59 Å². The van der Waals surface area contributed by atoms with Crippen molar-refractivity contribution in [2.24, 2.45) is 0 Å². The molecule has 2 unspecified atom stereocenters. The van der Waals surface area contributed by atoms with Gasteiger partial charge >= 0.3 is 0 Å². The molecule has 0 aliphatic carbocycles. The highest BCUT2D eigenvalue weighted by molar-refractivity contribution is 5.97. The van der Waals surface area contributed by atoms with Crippen LogP contribution in [0.5, 0.6) is 0 Å². The molecular weight excluding hydrogens is 358 g/mol. The van der Waals surface area contributed by atoms with Gasteiger partial charge in [0.25, 0.3) is 5.91 Å². The SMILES string of the molecule is Cc1ccc(C(CNC(=O)C(C)NC(=O)c2ccccc2)N2CCOCC2)o1. The van der Waals surface area contributed by atoms with Gasteiger partial charge in [0.15, 0.2) is 0 Å². The molecule has 1 fully saturated rings. The normalized spacial score (nSPS) is 16.9. The molecule has 2 N–H and O–H groups in total. The van der Waals surface area contributed by atoms with Crippen molar-refractivity contribution in [2.45, 2.75) is 25.9 Å². The molecule has 0 radical (unpaired) electrons. The fraction of sp³-hybridized carbons (Fsp3) is 0.429. The maximum Gasteiger partial charge on any atom is 0.251 e. The molecule has 0 saturated carbocycles. The number of hydrogen-bond acceptors (Lipinski definition) is 5. The van der Waals surface area contributed by atoms with Crippen molar-refractivity contribution in [3.63, 3.8) is 0 Å². The summed E-state index contributed by atoms with van der Waals surface area (Å²) in [5.41, 5.74) is 0.527. The zero-order chi connectivity index (χ0) is 19.9. The Labute approximate surface area is 165 Å². The van der Waals surface area contributed by atoms with Gasteiger partial charge in [0.1, 0.15) is 17.6 Å². The zero-order valence-corrected chi connectivity index (χ0v) is 16.3. The van der Waals surface area contributed by atoms with Crippen molar-refractivity contribution in [2.75, 3.05) is 32.8 Å². The molecule has 1 aromatic heterocycles. The predicted molar refractivity (Wildman–Crippen MR) is 105 cm³/mol. The number of morpholine rings is 1. The quantitative estimate of drug-likeness (QED) is 0.761. The average Bonchev–Trinajstić information content (AvgIpc) is 3.15. The van der Waals surface area contributed by atoms with Crippen LogP contribution in [0.4, 0.5) is 0 Å². The fourth-order valence-electron chi connectivity index (χ4n) is 3.22. The first-order valence-corrected chi connectivity index (χ1v) is 9.56. The third kappa shape index (κ3) is 5.21. The molecule has 2 heterocycles. The summed E-state index contributed by atoms with van der Waals surface area (Å²) in [5.74, 6) is 1.16. The lowest BCUT2D eigenvalue weighted by Gasteiger charge is -2.33. The van der Waals surface area contributed by atoms with Crippen LogP contribution in [0.1, 0.15) is 34.8 Å². The molecule has 1 aromatic carbocycles. The van der Waals surface area contributed by atoms with Crippen LogP contribution in [0.2, 0.25) is 0 Å². The predicted octanol–water partition coefficient (Wildman–Crippen LogP) is 1.90. The molecule has 7 heteroatoms. The maximum absolute atomic E-state index is 12.5. The molecule has 1 aliphatic heterocycles. The molecule has 3 rings (SSSR count). The number of benzene rings is 1. The van der Waals surface area contributed by atoms with Crippen LogP contribution in [0.15, 0.2) is 46.9 Å². The van der Waals surface area contributed by atoms with Crippen molar-refractivity contribution in [3.8, 4) is 0 Å². The van der Waals surface area contributed by atoms with Gasteiger partial charge in [0, 0.05) is 25.2 Å². The summed E-state index contributed by atoms with van der Waals surface area (Å²) < 4.78 is 11.2. The Kier molecular flexibility index (Phi) is 6.84. The first-order chi connectivity index (χ1) is 13.5. The van der Waals surface area contributed by atoms with Crippen molar-refractivity contribution >= 4 is 11.8 Å². The number of aryl methyl sites for hydroxylation is 1. The summed E-state index contributed by atoms with van der Waals surface area (Å²) in [6.45, 7) is 6.86. The van der Waals surface area contributed by atoms with Crippen LogP contribution < -0.4 is 10.6 Å². The van der Waals surface area contributed by atoms with Crippen LogP contribution in [-0.2, 0) is 9.53 Å². The van der Waals surface area contributed by atoms with E-state index in [1.807, 2.05) is 25.1 Å². The number of hydrogen-bond donors (Lipinski definition) is 2. The second kappa shape index (κ2) is 9.52. The smallest absolute Gasteiger partial charge is 0.251 e. The Morgan fingerprint density at radius 1 is 1.11 bits per heavy atom. The highest BCUT2D eigenvalue weighted by Gasteiger charge is 2.26. The van der Waals surface area contributed by atoms with Gasteiger partial charge in [-0.15, -0.1) is 0 Å². The van der Waals surface area contributed by atoms with Gasteiger partial charge in [-0.2, -0.15) is 0 Å². The Balaban J connectivity index is 1.58. The lowest BCUT2D eigenvalue weighted by molar-refractivity contribution is -0.123. The summed E-state index contributed by atoms with van der Waals surface area (Å²) in [6, 6.07) is 12.0. The number of nitrogens with one attached hydrogen (secondary N) is 2. The molecule has 0 bridgehead atoms. The molecule has 28 heavy (non-hydrogen) atoms. The van der Waals surface area contributed by atoms with Crippen molar-refractivity contribution < 1.29 is 18.7 Å². The minimum Gasteiger partial charge on any atom is -0.465 e. The van der Waals surface area contributed by atoms with Crippen LogP contribution in [0.3, 0.4) is 0 Å². The highest BCUT2D eigenvalue weighted by atomic mass is 16.5. The summed E-state index contributed by atoms with van der Waals surface area (Å²) in [4.78, 5) is 27.0. The number of furan rings is 1. The van der Waals surface area contributed by atoms with Gasteiger partial charge in [-0.1, -0.05) is 18.2 Å². The number of rotatable bonds is 7. The fourth-order valence-corrected chi connectivity index (χ4v) is 3.22. The number of ether oxygens (including phenoxy) is 1. The van der Waals surface area contributed by atoms with Gasteiger partial charge in [0.2, 0.25) is 5.91 Å². The third-order valence-electron chi connectivity index (χ3n) is 4.82. The molecule has 1 saturated heterocycles. The van der Waals surface area contributed by atoms with Crippen LogP contribution >= 0.6 is 0 Å². The van der Waals surface area contributed by atoms with Crippen molar-refractivity contribution in [3.05, 3.63) is 59.5 Å². The number of nitrogens with zero attached hydrogens (tertiary/aromatic N) is 1. The third-order valence-corrected chi connectivity index (χ3v) is 4.82. The van der Waals surface area contributed by atoms with Crippen molar-refractivity contribution in [1.29, 1.82) is 0 Å². The van der Waals surface area contributed by atoms with Gasteiger partial charge in [-0.3, -0.25) is 14.5 Å². The lowest BCUT2D eigenvalue weighted by atomic mass is 10.1. The van der Waals surface area contributed by atoms with Crippen molar-refractivity contribution in [1.82, 2.24) is 15.5 Å². The summed E-state index contributed by atoms with van der Waals surface area (Å²) in [6.07, 6.45) is 0. The van der Waals surface area contributed by atoms with E-state index < -0.39 is 6.04 Å². The van der Waals surface area contributed by atoms with E-state index in [1.54, 1.807) is 31.2 Å². The number of carbonyl (C=O) groups is 2.